The van der Waals surface area contributed by atoms with E-state index in [1.807, 2.05) is 36.4 Å². The fraction of sp³-hybridized carbons (Fsp3) is 0.160. The Morgan fingerprint density at radius 2 is 1.94 bits per heavy atom. The Bertz CT molecular complexity index is 1140. The second kappa shape index (κ2) is 11.2. The summed E-state index contributed by atoms with van der Waals surface area (Å²) in [5.74, 6) is 1.73. The largest absolute Gasteiger partial charge is 0.490 e. The number of nitriles is 1. The lowest BCUT2D eigenvalue weighted by Crippen LogP contribution is -2.13. The number of carbonyl (C=O) groups is 1. The molecule has 2 aromatic carbocycles. The molecule has 1 aromatic heterocycles. The van der Waals surface area contributed by atoms with Crippen LogP contribution >= 0.6 is 0 Å². The first-order valence-electron chi connectivity index (χ1n) is 10.00. The van der Waals surface area contributed by atoms with Crippen LogP contribution in [0.15, 0.2) is 77.3 Å². The van der Waals surface area contributed by atoms with Crippen molar-refractivity contribution in [3.05, 3.63) is 89.7 Å². The average molecular weight is 429 g/mol. The highest BCUT2D eigenvalue weighted by Gasteiger charge is 2.12. The van der Waals surface area contributed by atoms with E-state index in [2.05, 4.69) is 17.1 Å². The minimum atomic E-state index is -0.560. The topological polar surface area (TPSA) is 97.4 Å². The maximum absolute atomic E-state index is 12.3. The molecule has 162 valence electrons. The lowest BCUT2D eigenvalue weighted by Gasteiger charge is -2.11. The van der Waals surface area contributed by atoms with Crippen LogP contribution in [-0.4, -0.2) is 24.3 Å². The molecule has 3 aromatic rings. The van der Waals surface area contributed by atoms with Gasteiger partial charge in [-0.25, -0.2) is 0 Å². The predicted octanol–water partition coefficient (Wildman–Crippen LogP) is 4.72. The van der Waals surface area contributed by atoms with Crippen molar-refractivity contribution in [3.8, 4) is 17.6 Å². The van der Waals surface area contributed by atoms with Crippen LogP contribution in [0.5, 0.6) is 11.5 Å². The second-order valence-electron chi connectivity index (χ2n) is 6.81. The number of hydrogen-bond acceptors (Lipinski definition) is 6. The number of para-hydroxylation sites is 1. The number of aromatic nitrogens is 1. The Hall–Kier alpha value is -4.31. The van der Waals surface area contributed by atoms with E-state index in [9.17, 15) is 10.1 Å². The molecule has 0 spiro atoms. The number of benzene rings is 2. The lowest BCUT2D eigenvalue weighted by molar-refractivity contribution is -0.112. The van der Waals surface area contributed by atoms with Gasteiger partial charge < -0.3 is 19.3 Å². The molecular formula is C25H23N3O4. The van der Waals surface area contributed by atoms with Gasteiger partial charge in [-0.15, -0.1) is 6.58 Å². The van der Waals surface area contributed by atoms with Gasteiger partial charge in [0.25, 0.3) is 5.91 Å². The molecule has 1 heterocycles. The quantitative estimate of drug-likeness (QED) is 0.217. The SMILES string of the molecule is C=CCc1ccccc1OCCOc1ccc(/C=C(/C#N)C(=O)Nc2cc(C)on2)cc1. The van der Waals surface area contributed by atoms with Crippen molar-refractivity contribution < 1.29 is 18.8 Å². The third-order valence-electron chi connectivity index (χ3n) is 4.37. The number of ether oxygens (including phenoxy) is 2. The van der Waals surface area contributed by atoms with Crippen molar-refractivity contribution in [1.82, 2.24) is 5.16 Å². The zero-order chi connectivity index (χ0) is 22.8. The van der Waals surface area contributed by atoms with Crippen molar-refractivity contribution >= 4 is 17.8 Å². The Labute approximate surface area is 186 Å². The summed E-state index contributed by atoms with van der Waals surface area (Å²) in [5.41, 5.74) is 1.72. The van der Waals surface area contributed by atoms with E-state index < -0.39 is 5.91 Å². The summed E-state index contributed by atoms with van der Waals surface area (Å²) in [6.45, 7) is 6.25. The maximum Gasteiger partial charge on any atom is 0.267 e. The van der Waals surface area contributed by atoms with Gasteiger partial charge in [0.05, 0.1) is 0 Å². The Kier molecular flexibility index (Phi) is 7.82. The third kappa shape index (κ3) is 6.34. The Morgan fingerprint density at radius 1 is 1.19 bits per heavy atom. The van der Waals surface area contributed by atoms with Gasteiger partial charge in [0.15, 0.2) is 5.82 Å². The fourth-order valence-corrected chi connectivity index (χ4v) is 2.86. The number of nitrogens with one attached hydrogen (secondary N) is 1. The van der Waals surface area contributed by atoms with Gasteiger partial charge in [-0.2, -0.15) is 5.26 Å². The highest BCUT2D eigenvalue weighted by Crippen LogP contribution is 2.19. The van der Waals surface area contributed by atoms with Gasteiger partial charge in [0.2, 0.25) is 0 Å². The van der Waals surface area contributed by atoms with E-state index in [4.69, 9.17) is 14.0 Å². The van der Waals surface area contributed by atoms with Crippen molar-refractivity contribution in [2.24, 2.45) is 0 Å². The monoisotopic (exact) mass is 429 g/mol. The van der Waals surface area contributed by atoms with Crippen LogP contribution in [0.4, 0.5) is 5.82 Å². The molecule has 0 fully saturated rings. The second-order valence-corrected chi connectivity index (χ2v) is 6.81. The number of carbonyl (C=O) groups excluding carboxylic acids is 1. The lowest BCUT2D eigenvalue weighted by atomic mass is 10.1. The number of anilines is 1. The summed E-state index contributed by atoms with van der Waals surface area (Å²) >= 11 is 0. The van der Waals surface area contributed by atoms with Crippen molar-refractivity contribution in [2.75, 3.05) is 18.5 Å². The van der Waals surface area contributed by atoms with E-state index in [0.29, 0.717) is 30.3 Å². The zero-order valence-electron chi connectivity index (χ0n) is 17.7. The minimum absolute atomic E-state index is 0.0501. The summed E-state index contributed by atoms with van der Waals surface area (Å²) in [6, 6.07) is 18.4. The van der Waals surface area contributed by atoms with Crippen LogP contribution in [-0.2, 0) is 11.2 Å². The van der Waals surface area contributed by atoms with Crippen LogP contribution in [0, 0.1) is 18.3 Å². The number of allylic oxidation sites excluding steroid dienone is 1. The molecule has 1 amide bonds. The van der Waals surface area contributed by atoms with Gasteiger partial charge in [0.1, 0.15) is 42.1 Å². The number of nitrogens with zero attached hydrogens (tertiary/aromatic N) is 2. The maximum atomic E-state index is 12.3. The molecule has 0 unspecified atom stereocenters. The standard InChI is InChI=1S/C25H23N3O4/c1-3-6-20-7-4-5-8-23(20)31-14-13-30-22-11-9-19(10-12-22)16-21(17-26)25(29)27-24-15-18(2)32-28-24/h3-5,7-12,15-16H,1,6,13-14H2,2H3,(H,27,28,29)/b21-16-. The average Bonchev–Trinajstić information content (AvgIpc) is 3.21. The van der Waals surface area contributed by atoms with Crippen LogP contribution in [0.1, 0.15) is 16.9 Å². The third-order valence-corrected chi connectivity index (χ3v) is 4.37. The molecule has 0 aliphatic rings. The fourth-order valence-electron chi connectivity index (χ4n) is 2.86. The highest BCUT2D eigenvalue weighted by molar-refractivity contribution is 6.09. The predicted molar refractivity (Wildman–Crippen MR) is 121 cm³/mol. The van der Waals surface area contributed by atoms with Crippen molar-refractivity contribution in [1.29, 1.82) is 5.26 Å². The van der Waals surface area contributed by atoms with E-state index in [-0.39, 0.29) is 11.4 Å². The van der Waals surface area contributed by atoms with Crippen molar-refractivity contribution in [3.63, 3.8) is 0 Å². The smallest absolute Gasteiger partial charge is 0.267 e. The zero-order valence-corrected chi connectivity index (χ0v) is 17.7. The van der Waals surface area contributed by atoms with Gasteiger partial charge in [-0.3, -0.25) is 4.79 Å². The minimum Gasteiger partial charge on any atom is -0.490 e. The normalized spacial score (nSPS) is 10.8. The summed E-state index contributed by atoms with van der Waals surface area (Å²) in [7, 11) is 0. The summed E-state index contributed by atoms with van der Waals surface area (Å²) in [5, 5.41) is 15.5. The molecule has 0 saturated heterocycles. The molecular weight excluding hydrogens is 406 g/mol. The number of rotatable bonds is 10. The molecule has 32 heavy (non-hydrogen) atoms. The summed E-state index contributed by atoms with van der Waals surface area (Å²) < 4.78 is 16.4. The molecule has 1 N–H and O–H groups in total. The van der Waals surface area contributed by atoms with Crippen LogP contribution in [0.25, 0.3) is 6.08 Å². The molecule has 3 rings (SSSR count). The Morgan fingerprint density at radius 3 is 2.62 bits per heavy atom. The van der Waals surface area contributed by atoms with E-state index >= 15 is 0 Å². The van der Waals surface area contributed by atoms with Gasteiger partial charge in [0, 0.05) is 6.07 Å². The Balaban J connectivity index is 1.52. The van der Waals surface area contributed by atoms with Crippen molar-refractivity contribution in [2.45, 2.75) is 13.3 Å². The summed E-state index contributed by atoms with van der Waals surface area (Å²) in [6.07, 6.45) is 4.07. The number of amides is 1. The highest BCUT2D eigenvalue weighted by atomic mass is 16.5. The summed E-state index contributed by atoms with van der Waals surface area (Å²) in [4.78, 5) is 12.3. The van der Waals surface area contributed by atoms with Gasteiger partial charge in [-0.05, 0) is 48.7 Å². The molecule has 0 radical (unpaired) electrons. The molecule has 0 saturated carbocycles. The first-order chi connectivity index (χ1) is 15.6. The number of hydrogen-bond donors (Lipinski definition) is 1. The van der Waals surface area contributed by atoms with Crippen LogP contribution in [0.2, 0.25) is 0 Å². The van der Waals surface area contributed by atoms with E-state index in [1.54, 1.807) is 37.3 Å². The molecule has 7 nitrogen and oxygen atoms in total. The van der Waals surface area contributed by atoms with Crippen LogP contribution < -0.4 is 14.8 Å². The molecule has 0 bridgehead atoms. The van der Waals surface area contributed by atoms with E-state index in [0.717, 1.165) is 17.7 Å². The van der Waals surface area contributed by atoms with Gasteiger partial charge in [-0.1, -0.05) is 41.6 Å². The molecule has 0 atom stereocenters. The van der Waals surface area contributed by atoms with E-state index in [1.165, 1.54) is 6.08 Å². The molecule has 7 heteroatoms. The molecule has 0 aliphatic heterocycles. The first kappa shape index (κ1) is 22.4. The number of aryl methyl sites for hydroxylation is 1. The van der Waals surface area contributed by atoms with Crippen LogP contribution in [0.3, 0.4) is 0 Å². The first-order valence-corrected chi connectivity index (χ1v) is 10.00. The van der Waals surface area contributed by atoms with Gasteiger partial charge >= 0.3 is 0 Å². The molecule has 0 aliphatic carbocycles.